The molecule has 0 aromatic heterocycles. The third-order valence-corrected chi connectivity index (χ3v) is 9.25. The standard InChI is InChI=1S/C30H34N4O8S2/c1-19-5-3-4-6-24(19)33-29(37)31-21-8-10-23(11-9-21)44(39,40)17-22(13-14-43-2)32-30(38)34-25(16-28(35)36)20-7-12-26-27(15-20)42-18-41-26/h3-12,15,22,25H,13-14,16-18H2,1-2H3,(H,35,36)(H2,31,33,37)(H2,32,34,38)/t22-,25-/m0/s1. The summed E-state index contributed by atoms with van der Waals surface area (Å²) in [5.41, 5.74) is 2.45. The number of nitrogens with one attached hydrogen (secondary N) is 4. The van der Waals surface area contributed by atoms with E-state index < -0.39 is 46.4 Å². The molecule has 0 radical (unpaired) electrons. The number of thioether (sulfide) groups is 1. The highest BCUT2D eigenvalue weighted by Gasteiger charge is 2.26. The van der Waals surface area contributed by atoms with Gasteiger partial charge in [0.1, 0.15) is 0 Å². The summed E-state index contributed by atoms with van der Waals surface area (Å²) in [5, 5.41) is 20.2. The van der Waals surface area contributed by atoms with E-state index in [0.717, 1.165) is 5.56 Å². The molecule has 4 rings (SSSR count). The molecule has 3 aromatic rings. The molecule has 0 spiro atoms. The number of anilines is 2. The lowest BCUT2D eigenvalue weighted by Crippen LogP contribution is -2.46. The number of benzene rings is 3. The normalized spacial score (nSPS) is 13.4. The number of aliphatic carboxylic acids is 1. The number of para-hydroxylation sites is 1. The van der Waals surface area contributed by atoms with Crippen LogP contribution in [0.4, 0.5) is 21.0 Å². The molecule has 0 bridgehead atoms. The molecule has 4 amide bonds. The van der Waals surface area contributed by atoms with E-state index in [1.807, 2.05) is 25.3 Å². The molecule has 0 saturated heterocycles. The maximum Gasteiger partial charge on any atom is 0.323 e. The van der Waals surface area contributed by atoms with Gasteiger partial charge >= 0.3 is 18.0 Å². The zero-order chi connectivity index (χ0) is 31.7. The van der Waals surface area contributed by atoms with Crippen LogP contribution in [0.25, 0.3) is 0 Å². The van der Waals surface area contributed by atoms with Gasteiger partial charge in [-0.25, -0.2) is 18.0 Å². The SMILES string of the molecule is CSCC[C@@H](CS(=O)(=O)c1ccc(NC(=O)Nc2ccccc2C)cc1)NC(=O)N[C@@H](CC(=O)O)c1ccc2c(c1)OCO2. The minimum Gasteiger partial charge on any atom is -0.481 e. The van der Waals surface area contributed by atoms with Crippen molar-refractivity contribution in [3.8, 4) is 11.5 Å². The van der Waals surface area contributed by atoms with Crippen molar-refractivity contribution < 1.29 is 37.4 Å². The van der Waals surface area contributed by atoms with Crippen molar-refractivity contribution in [3.05, 3.63) is 77.9 Å². The van der Waals surface area contributed by atoms with Crippen molar-refractivity contribution in [2.24, 2.45) is 0 Å². The Morgan fingerprint density at radius 3 is 2.36 bits per heavy atom. The quantitative estimate of drug-likeness (QED) is 0.176. The summed E-state index contributed by atoms with van der Waals surface area (Å²) >= 11 is 1.50. The van der Waals surface area contributed by atoms with Gasteiger partial charge in [0.2, 0.25) is 6.79 Å². The molecule has 1 aliphatic heterocycles. The number of carbonyl (C=O) groups excluding carboxylic acids is 2. The highest BCUT2D eigenvalue weighted by molar-refractivity contribution is 7.98. The summed E-state index contributed by atoms with van der Waals surface area (Å²) < 4.78 is 37.3. The van der Waals surface area contributed by atoms with Crippen LogP contribution in [-0.4, -0.2) is 62.2 Å². The maximum atomic E-state index is 13.3. The Labute approximate surface area is 259 Å². The first-order valence-corrected chi connectivity index (χ1v) is 16.7. The summed E-state index contributed by atoms with van der Waals surface area (Å²) in [5.74, 6) is 0.0380. The third-order valence-electron chi connectivity index (χ3n) is 6.77. The van der Waals surface area contributed by atoms with Crippen molar-refractivity contribution in [2.75, 3.05) is 35.2 Å². The summed E-state index contributed by atoms with van der Waals surface area (Å²) in [6, 6.07) is 15.1. The van der Waals surface area contributed by atoms with Crippen LogP contribution >= 0.6 is 11.8 Å². The molecule has 14 heteroatoms. The minimum absolute atomic E-state index is 0.0304. The molecule has 0 aliphatic carbocycles. The van der Waals surface area contributed by atoms with Gasteiger partial charge in [-0.1, -0.05) is 24.3 Å². The van der Waals surface area contributed by atoms with Gasteiger partial charge < -0.3 is 35.8 Å². The maximum absolute atomic E-state index is 13.3. The van der Waals surface area contributed by atoms with Crippen LogP contribution in [0.5, 0.6) is 11.5 Å². The Bertz CT molecular complexity index is 1600. The Balaban J connectivity index is 1.40. The predicted octanol–water partition coefficient (Wildman–Crippen LogP) is 4.78. The highest BCUT2D eigenvalue weighted by atomic mass is 32.2. The summed E-state index contributed by atoms with van der Waals surface area (Å²) in [4.78, 5) is 37.0. The number of carbonyl (C=O) groups is 3. The molecular weight excluding hydrogens is 608 g/mol. The zero-order valence-corrected chi connectivity index (χ0v) is 25.8. The molecule has 44 heavy (non-hydrogen) atoms. The number of sulfone groups is 1. The summed E-state index contributed by atoms with van der Waals surface area (Å²) in [6.07, 6.45) is 1.83. The molecule has 0 saturated carbocycles. The number of urea groups is 2. The van der Waals surface area contributed by atoms with Crippen LogP contribution in [0.1, 0.15) is 30.0 Å². The first-order chi connectivity index (χ1) is 21.0. The van der Waals surface area contributed by atoms with Gasteiger partial charge in [0, 0.05) is 17.4 Å². The largest absolute Gasteiger partial charge is 0.481 e. The summed E-state index contributed by atoms with van der Waals surface area (Å²) in [6.45, 7) is 1.92. The van der Waals surface area contributed by atoms with Crippen LogP contribution in [0.2, 0.25) is 0 Å². The topological polar surface area (TPSA) is 172 Å². The molecule has 1 aliphatic rings. The Morgan fingerprint density at radius 2 is 1.66 bits per heavy atom. The van der Waals surface area contributed by atoms with Crippen LogP contribution in [0.15, 0.2) is 71.6 Å². The molecule has 234 valence electrons. The number of carboxylic acids is 1. The first kappa shape index (κ1) is 32.5. The lowest BCUT2D eigenvalue weighted by Gasteiger charge is -2.22. The van der Waals surface area contributed by atoms with Crippen molar-refractivity contribution in [2.45, 2.75) is 36.7 Å². The Hall–Kier alpha value is -4.43. The second-order valence-corrected chi connectivity index (χ2v) is 13.1. The fraction of sp³-hybridized carbons (Fsp3) is 0.300. The van der Waals surface area contributed by atoms with E-state index in [1.165, 1.54) is 36.0 Å². The van der Waals surface area contributed by atoms with Gasteiger partial charge in [0.25, 0.3) is 0 Å². The number of aryl methyl sites for hydroxylation is 1. The van der Waals surface area contributed by atoms with Crippen LogP contribution in [-0.2, 0) is 14.6 Å². The van der Waals surface area contributed by atoms with E-state index in [9.17, 15) is 27.9 Å². The number of hydrogen-bond donors (Lipinski definition) is 5. The van der Waals surface area contributed by atoms with Gasteiger partial charge in [-0.2, -0.15) is 11.8 Å². The second-order valence-electron chi connectivity index (χ2n) is 10.1. The lowest BCUT2D eigenvalue weighted by molar-refractivity contribution is -0.137. The molecule has 5 N–H and O–H groups in total. The average molecular weight is 643 g/mol. The number of fused-ring (bicyclic) bond motifs is 1. The second kappa shape index (κ2) is 14.8. The minimum atomic E-state index is -3.85. The number of carboxylic acid groups (broad SMARTS) is 1. The predicted molar refractivity (Wildman–Crippen MR) is 168 cm³/mol. The first-order valence-electron chi connectivity index (χ1n) is 13.7. The van der Waals surface area contributed by atoms with Crippen LogP contribution < -0.4 is 30.7 Å². The lowest BCUT2D eigenvalue weighted by atomic mass is 10.0. The Morgan fingerprint density at radius 1 is 0.932 bits per heavy atom. The summed E-state index contributed by atoms with van der Waals surface area (Å²) in [7, 11) is -3.85. The number of hydrogen-bond acceptors (Lipinski definition) is 8. The monoisotopic (exact) mass is 642 g/mol. The number of amides is 4. The molecule has 0 unspecified atom stereocenters. The molecule has 0 fully saturated rings. The van der Waals surface area contributed by atoms with E-state index in [4.69, 9.17) is 9.47 Å². The van der Waals surface area contributed by atoms with E-state index in [1.54, 1.807) is 30.3 Å². The zero-order valence-electron chi connectivity index (χ0n) is 24.2. The molecule has 1 heterocycles. The van der Waals surface area contributed by atoms with Gasteiger partial charge in [-0.15, -0.1) is 0 Å². The van der Waals surface area contributed by atoms with Crippen molar-refractivity contribution in [1.82, 2.24) is 10.6 Å². The van der Waals surface area contributed by atoms with E-state index in [-0.39, 0.29) is 17.4 Å². The van der Waals surface area contributed by atoms with Gasteiger partial charge in [0.15, 0.2) is 21.3 Å². The van der Waals surface area contributed by atoms with E-state index >= 15 is 0 Å². The third kappa shape index (κ3) is 9.04. The number of ether oxygens (including phenoxy) is 2. The van der Waals surface area contributed by atoms with E-state index in [0.29, 0.717) is 40.6 Å². The average Bonchev–Trinajstić information content (AvgIpc) is 3.45. The Kier molecular flexibility index (Phi) is 11.0. The van der Waals surface area contributed by atoms with Crippen LogP contribution in [0, 0.1) is 6.92 Å². The highest BCUT2D eigenvalue weighted by Crippen LogP contribution is 2.35. The molecule has 3 aromatic carbocycles. The molecular formula is C30H34N4O8S2. The van der Waals surface area contributed by atoms with Crippen molar-refractivity contribution >= 4 is 51.0 Å². The fourth-order valence-corrected chi connectivity index (χ4v) is 6.55. The van der Waals surface area contributed by atoms with Crippen molar-refractivity contribution in [1.29, 1.82) is 0 Å². The molecule has 12 nitrogen and oxygen atoms in total. The smallest absolute Gasteiger partial charge is 0.323 e. The van der Waals surface area contributed by atoms with Crippen LogP contribution in [0.3, 0.4) is 0 Å². The fourth-order valence-electron chi connectivity index (χ4n) is 4.50. The van der Waals surface area contributed by atoms with Crippen molar-refractivity contribution in [3.63, 3.8) is 0 Å². The van der Waals surface area contributed by atoms with E-state index in [2.05, 4.69) is 21.3 Å². The molecule has 2 atom stereocenters. The van der Waals surface area contributed by atoms with Gasteiger partial charge in [-0.05, 0) is 78.9 Å². The van der Waals surface area contributed by atoms with Gasteiger partial charge in [0.05, 0.1) is 23.1 Å². The van der Waals surface area contributed by atoms with Gasteiger partial charge in [-0.3, -0.25) is 4.79 Å². The number of rotatable bonds is 13.